The van der Waals surface area contributed by atoms with Crippen LogP contribution in [0.25, 0.3) is 0 Å². The number of carbonyl (C=O) groups excluding carboxylic acids is 1. The quantitative estimate of drug-likeness (QED) is 0.694. The molecule has 0 bridgehead atoms. The number of unbranched alkanes of at least 4 members (excludes halogenated alkanes) is 2. The minimum absolute atomic E-state index is 0.0346. The van der Waals surface area contributed by atoms with Gasteiger partial charge in [-0.25, -0.2) is 0 Å². The van der Waals surface area contributed by atoms with Crippen molar-refractivity contribution < 1.29 is 4.79 Å². The fraction of sp³-hybridized carbons (Fsp3) is 0.533. The Morgan fingerprint density at radius 2 is 1.94 bits per heavy atom. The van der Waals surface area contributed by atoms with Crippen LogP contribution in [0, 0.1) is 0 Å². The second kappa shape index (κ2) is 8.70. The first kappa shape index (κ1) is 14.7. The largest absolute Gasteiger partial charge is 0.325 e. The Hall–Kier alpha value is -1.35. The summed E-state index contributed by atoms with van der Waals surface area (Å²) < 4.78 is 0. The monoisotopic (exact) mass is 248 g/mol. The number of carbonyl (C=O) groups is 1. The molecule has 0 aliphatic heterocycles. The molecule has 0 saturated carbocycles. The van der Waals surface area contributed by atoms with Gasteiger partial charge in [-0.2, -0.15) is 0 Å². The summed E-state index contributed by atoms with van der Waals surface area (Å²) in [5, 5.41) is 6.12. The van der Waals surface area contributed by atoms with Crippen molar-refractivity contribution in [3.63, 3.8) is 0 Å². The highest BCUT2D eigenvalue weighted by Gasteiger charge is 2.04. The number of aryl methyl sites for hydroxylation is 1. The molecule has 0 spiro atoms. The minimum atomic E-state index is 0.0346. The Morgan fingerprint density at radius 1 is 1.17 bits per heavy atom. The molecular weight excluding hydrogens is 224 g/mol. The summed E-state index contributed by atoms with van der Waals surface area (Å²) in [5.74, 6) is 0.0346. The summed E-state index contributed by atoms with van der Waals surface area (Å²) in [4.78, 5) is 11.7. The van der Waals surface area contributed by atoms with Gasteiger partial charge in [0.05, 0.1) is 6.54 Å². The van der Waals surface area contributed by atoms with Gasteiger partial charge < -0.3 is 10.6 Å². The number of para-hydroxylation sites is 1. The predicted molar refractivity (Wildman–Crippen MR) is 76.8 cm³/mol. The van der Waals surface area contributed by atoms with Crippen molar-refractivity contribution in [3.8, 4) is 0 Å². The van der Waals surface area contributed by atoms with E-state index in [4.69, 9.17) is 0 Å². The number of hydrogen-bond acceptors (Lipinski definition) is 2. The van der Waals surface area contributed by atoms with Crippen molar-refractivity contribution >= 4 is 11.6 Å². The molecule has 1 aromatic carbocycles. The summed E-state index contributed by atoms with van der Waals surface area (Å²) in [6.45, 7) is 5.57. The molecule has 0 aliphatic rings. The molecule has 100 valence electrons. The first-order valence-corrected chi connectivity index (χ1v) is 6.86. The van der Waals surface area contributed by atoms with Crippen molar-refractivity contribution in [2.75, 3.05) is 18.4 Å². The van der Waals surface area contributed by atoms with Gasteiger partial charge in [0.15, 0.2) is 0 Å². The van der Waals surface area contributed by atoms with Crippen LogP contribution >= 0.6 is 0 Å². The van der Waals surface area contributed by atoms with E-state index in [1.165, 1.54) is 18.4 Å². The molecule has 0 saturated heterocycles. The smallest absolute Gasteiger partial charge is 0.238 e. The maximum atomic E-state index is 11.7. The second-order valence-electron chi connectivity index (χ2n) is 4.44. The van der Waals surface area contributed by atoms with E-state index in [1.54, 1.807) is 0 Å². The van der Waals surface area contributed by atoms with Gasteiger partial charge in [-0.1, -0.05) is 44.9 Å². The van der Waals surface area contributed by atoms with Crippen LogP contribution in [0.15, 0.2) is 24.3 Å². The lowest BCUT2D eigenvalue weighted by molar-refractivity contribution is -0.115. The molecule has 3 heteroatoms. The fourth-order valence-corrected chi connectivity index (χ4v) is 1.85. The van der Waals surface area contributed by atoms with Crippen LogP contribution in [0.1, 0.15) is 38.7 Å². The number of anilines is 1. The van der Waals surface area contributed by atoms with Gasteiger partial charge in [0.1, 0.15) is 0 Å². The van der Waals surface area contributed by atoms with Crippen molar-refractivity contribution in [1.29, 1.82) is 0 Å². The summed E-state index contributed by atoms with van der Waals surface area (Å²) in [7, 11) is 0. The average Bonchev–Trinajstić information content (AvgIpc) is 2.39. The molecule has 0 unspecified atom stereocenters. The molecule has 1 rings (SSSR count). The number of hydrogen-bond donors (Lipinski definition) is 2. The van der Waals surface area contributed by atoms with E-state index in [0.29, 0.717) is 6.54 Å². The van der Waals surface area contributed by atoms with Gasteiger partial charge in [0, 0.05) is 5.69 Å². The molecule has 0 fully saturated rings. The highest BCUT2D eigenvalue weighted by molar-refractivity contribution is 5.92. The molecule has 18 heavy (non-hydrogen) atoms. The molecular formula is C15H24N2O. The lowest BCUT2D eigenvalue weighted by Crippen LogP contribution is -2.29. The first-order valence-electron chi connectivity index (χ1n) is 6.86. The summed E-state index contributed by atoms with van der Waals surface area (Å²) >= 11 is 0. The van der Waals surface area contributed by atoms with Gasteiger partial charge in [-0.3, -0.25) is 4.79 Å². The number of benzene rings is 1. The van der Waals surface area contributed by atoms with Crippen LogP contribution in [-0.2, 0) is 11.2 Å². The highest BCUT2D eigenvalue weighted by atomic mass is 16.1. The van der Waals surface area contributed by atoms with Crippen LogP contribution < -0.4 is 10.6 Å². The molecule has 0 aliphatic carbocycles. The molecule has 1 aromatic rings. The number of amides is 1. The Kier molecular flexibility index (Phi) is 7.11. The highest BCUT2D eigenvalue weighted by Crippen LogP contribution is 2.14. The van der Waals surface area contributed by atoms with Gasteiger partial charge in [0.25, 0.3) is 0 Å². The molecule has 0 aromatic heterocycles. The Balaban J connectivity index is 2.31. The molecule has 0 heterocycles. The van der Waals surface area contributed by atoms with Gasteiger partial charge >= 0.3 is 0 Å². The number of nitrogens with one attached hydrogen (secondary N) is 2. The van der Waals surface area contributed by atoms with Crippen LogP contribution in [-0.4, -0.2) is 19.0 Å². The third-order valence-electron chi connectivity index (χ3n) is 2.92. The summed E-state index contributed by atoms with van der Waals surface area (Å²) in [6, 6.07) is 7.94. The van der Waals surface area contributed by atoms with Gasteiger partial charge in [-0.15, -0.1) is 0 Å². The van der Waals surface area contributed by atoms with E-state index in [1.807, 2.05) is 24.3 Å². The number of rotatable bonds is 8. The topological polar surface area (TPSA) is 41.1 Å². The van der Waals surface area contributed by atoms with E-state index in [2.05, 4.69) is 24.5 Å². The average molecular weight is 248 g/mol. The van der Waals surface area contributed by atoms with Crippen LogP contribution in [0.2, 0.25) is 0 Å². The third kappa shape index (κ3) is 5.32. The van der Waals surface area contributed by atoms with E-state index in [9.17, 15) is 4.79 Å². The van der Waals surface area contributed by atoms with E-state index >= 15 is 0 Å². The lowest BCUT2D eigenvalue weighted by atomic mass is 10.1. The lowest BCUT2D eigenvalue weighted by Gasteiger charge is -2.10. The van der Waals surface area contributed by atoms with Crippen molar-refractivity contribution in [2.45, 2.75) is 39.5 Å². The van der Waals surface area contributed by atoms with Crippen LogP contribution in [0.3, 0.4) is 0 Å². The molecule has 0 radical (unpaired) electrons. The zero-order valence-corrected chi connectivity index (χ0v) is 11.5. The molecule has 3 nitrogen and oxygen atoms in total. The van der Waals surface area contributed by atoms with Gasteiger partial charge in [-0.05, 0) is 31.0 Å². The van der Waals surface area contributed by atoms with Crippen molar-refractivity contribution in [3.05, 3.63) is 29.8 Å². The van der Waals surface area contributed by atoms with Crippen molar-refractivity contribution in [1.82, 2.24) is 5.32 Å². The maximum Gasteiger partial charge on any atom is 0.238 e. The Morgan fingerprint density at radius 3 is 2.67 bits per heavy atom. The summed E-state index contributed by atoms with van der Waals surface area (Å²) in [5.41, 5.74) is 2.11. The maximum absolute atomic E-state index is 11.7. The first-order chi connectivity index (χ1) is 8.77. The van der Waals surface area contributed by atoms with Crippen molar-refractivity contribution in [2.24, 2.45) is 0 Å². The molecule has 2 N–H and O–H groups in total. The predicted octanol–water partition coefficient (Wildman–Crippen LogP) is 2.97. The Bertz CT molecular complexity index is 363. The van der Waals surface area contributed by atoms with Crippen LogP contribution in [0.5, 0.6) is 0 Å². The van der Waals surface area contributed by atoms with E-state index in [0.717, 1.165) is 25.1 Å². The normalized spacial score (nSPS) is 10.3. The Labute approximate surface area is 110 Å². The summed E-state index contributed by atoms with van der Waals surface area (Å²) in [6.07, 6.45) is 4.49. The van der Waals surface area contributed by atoms with Crippen LogP contribution in [0.4, 0.5) is 5.69 Å². The van der Waals surface area contributed by atoms with E-state index < -0.39 is 0 Å². The third-order valence-corrected chi connectivity index (χ3v) is 2.92. The van der Waals surface area contributed by atoms with Gasteiger partial charge in [0.2, 0.25) is 5.91 Å². The standard InChI is InChI=1S/C15H24N2O/c1-3-5-8-11-16-12-15(18)17-14-10-7-6-9-13(14)4-2/h6-7,9-10,16H,3-5,8,11-12H2,1-2H3,(H,17,18). The van der Waals surface area contributed by atoms with E-state index in [-0.39, 0.29) is 5.91 Å². The zero-order chi connectivity index (χ0) is 13.2. The molecule has 0 atom stereocenters. The zero-order valence-electron chi connectivity index (χ0n) is 11.5. The second-order valence-corrected chi connectivity index (χ2v) is 4.44. The minimum Gasteiger partial charge on any atom is -0.325 e. The fourth-order valence-electron chi connectivity index (χ4n) is 1.85. The SMILES string of the molecule is CCCCCNCC(=O)Nc1ccccc1CC. The molecule has 1 amide bonds.